The molecule has 0 saturated carbocycles. The van der Waals surface area contributed by atoms with E-state index in [9.17, 15) is 0 Å². The maximum atomic E-state index is 6.25. The molecule has 1 atom stereocenters. The standard InChI is InChI=1S/C15H22N4O/c1-11(2)6-13(16)14-8-17-10-19(14)9-12-4-5-18-15(7-12)20-3/h4-5,7-8,10-11,13H,6,9,16H2,1-3H3. The van der Waals surface area contributed by atoms with Crippen LogP contribution in [0.3, 0.4) is 0 Å². The van der Waals surface area contributed by atoms with Crippen molar-refractivity contribution in [3.8, 4) is 5.88 Å². The number of rotatable bonds is 6. The molecule has 0 bridgehead atoms. The van der Waals surface area contributed by atoms with Crippen molar-refractivity contribution in [3.63, 3.8) is 0 Å². The summed E-state index contributed by atoms with van der Waals surface area (Å²) in [7, 11) is 1.62. The average molecular weight is 274 g/mol. The summed E-state index contributed by atoms with van der Waals surface area (Å²) >= 11 is 0. The highest BCUT2D eigenvalue weighted by atomic mass is 16.5. The normalized spacial score (nSPS) is 12.7. The van der Waals surface area contributed by atoms with Gasteiger partial charge in [-0.15, -0.1) is 0 Å². The van der Waals surface area contributed by atoms with E-state index in [1.807, 2.05) is 24.7 Å². The molecule has 0 saturated heterocycles. The second-order valence-corrected chi connectivity index (χ2v) is 5.39. The van der Waals surface area contributed by atoms with Gasteiger partial charge < -0.3 is 15.0 Å². The molecule has 20 heavy (non-hydrogen) atoms. The predicted octanol–water partition coefficient (Wildman–Crippen LogP) is 2.38. The van der Waals surface area contributed by atoms with E-state index in [0.717, 1.165) is 24.2 Å². The Morgan fingerprint density at radius 1 is 1.40 bits per heavy atom. The Kier molecular flexibility index (Phi) is 4.74. The van der Waals surface area contributed by atoms with E-state index in [2.05, 4.69) is 28.4 Å². The number of hydrogen-bond donors (Lipinski definition) is 1. The number of methoxy groups -OCH3 is 1. The van der Waals surface area contributed by atoms with Crippen molar-refractivity contribution in [2.45, 2.75) is 32.9 Å². The highest BCUT2D eigenvalue weighted by Gasteiger charge is 2.13. The molecule has 1 unspecified atom stereocenters. The van der Waals surface area contributed by atoms with Crippen LogP contribution in [0.5, 0.6) is 5.88 Å². The van der Waals surface area contributed by atoms with Gasteiger partial charge in [-0.2, -0.15) is 0 Å². The summed E-state index contributed by atoms with van der Waals surface area (Å²) in [4.78, 5) is 8.34. The van der Waals surface area contributed by atoms with E-state index in [1.165, 1.54) is 0 Å². The molecule has 0 aliphatic carbocycles. The third-order valence-corrected chi connectivity index (χ3v) is 3.21. The zero-order chi connectivity index (χ0) is 14.5. The molecule has 2 rings (SSSR count). The van der Waals surface area contributed by atoms with Crippen molar-refractivity contribution in [1.82, 2.24) is 14.5 Å². The molecule has 0 aromatic carbocycles. The van der Waals surface area contributed by atoms with Crippen LogP contribution in [0.1, 0.15) is 37.6 Å². The molecule has 108 valence electrons. The Hall–Kier alpha value is -1.88. The van der Waals surface area contributed by atoms with E-state index in [-0.39, 0.29) is 6.04 Å². The highest BCUT2D eigenvalue weighted by molar-refractivity contribution is 5.21. The summed E-state index contributed by atoms with van der Waals surface area (Å²) in [5.41, 5.74) is 8.44. The van der Waals surface area contributed by atoms with Gasteiger partial charge in [-0.3, -0.25) is 0 Å². The van der Waals surface area contributed by atoms with E-state index >= 15 is 0 Å². The molecule has 2 N–H and O–H groups in total. The minimum atomic E-state index is 0.0150. The molecule has 2 aromatic rings. The first kappa shape index (κ1) is 14.5. The molecule has 5 heteroatoms. The predicted molar refractivity (Wildman–Crippen MR) is 78.5 cm³/mol. The van der Waals surface area contributed by atoms with Gasteiger partial charge >= 0.3 is 0 Å². The Morgan fingerprint density at radius 3 is 2.90 bits per heavy atom. The molecular formula is C15H22N4O. The van der Waals surface area contributed by atoms with Gasteiger partial charge in [0, 0.05) is 31.0 Å². The molecule has 0 amide bonds. The third kappa shape index (κ3) is 3.57. The van der Waals surface area contributed by atoms with Crippen molar-refractivity contribution < 1.29 is 4.74 Å². The van der Waals surface area contributed by atoms with Gasteiger partial charge in [0.25, 0.3) is 0 Å². The lowest BCUT2D eigenvalue weighted by atomic mass is 10.0. The van der Waals surface area contributed by atoms with Crippen LogP contribution in [0.2, 0.25) is 0 Å². The third-order valence-electron chi connectivity index (χ3n) is 3.21. The summed E-state index contributed by atoms with van der Waals surface area (Å²) in [6, 6.07) is 3.92. The zero-order valence-electron chi connectivity index (χ0n) is 12.3. The van der Waals surface area contributed by atoms with E-state index in [1.54, 1.807) is 13.3 Å². The van der Waals surface area contributed by atoms with Crippen molar-refractivity contribution >= 4 is 0 Å². The highest BCUT2D eigenvalue weighted by Crippen LogP contribution is 2.20. The lowest BCUT2D eigenvalue weighted by Crippen LogP contribution is -2.17. The number of ether oxygens (including phenoxy) is 1. The summed E-state index contributed by atoms with van der Waals surface area (Å²) in [5.74, 6) is 1.19. The molecule has 0 fully saturated rings. The van der Waals surface area contributed by atoms with E-state index < -0.39 is 0 Å². The van der Waals surface area contributed by atoms with Gasteiger partial charge in [0.15, 0.2) is 0 Å². The van der Waals surface area contributed by atoms with Gasteiger partial charge in [-0.05, 0) is 24.0 Å². The largest absolute Gasteiger partial charge is 0.481 e. The van der Waals surface area contributed by atoms with Crippen LogP contribution >= 0.6 is 0 Å². The quantitative estimate of drug-likeness (QED) is 0.878. The van der Waals surface area contributed by atoms with Crippen molar-refractivity contribution in [2.24, 2.45) is 11.7 Å². The summed E-state index contributed by atoms with van der Waals surface area (Å²) < 4.78 is 7.23. The molecule has 0 aliphatic rings. The zero-order valence-corrected chi connectivity index (χ0v) is 12.3. The Balaban J connectivity index is 2.15. The lowest BCUT2D eigenvalue weighted by Gasteiger charge is -2.16. The van der Waals surface area contributed by atoms with E-state index in [0.29, 0.717) is 11.8 Å². The lowest BCUT2D eigenvalue weighted by molar-refractivity contribution is 0.397. The van der Waals surface area contributed by atoms with Gasteiger partial charge in [-0.1, -0.05) is 13.8 Å². The maximum absolute atomic E-state index is 6.25. The van der Waals surface area contributed by atoms with Crippen LogP contribution in [-0.4, -0.2) is 21.6 Å². The first-order chi connectivity index (χ1) is 9.60. The molecule has 0 radical (unpaired) electrons. The first-order valence-electron chi connectivity index (χ1n) is 6.84. The molecule has 0 spiro atoms. The summed E-state index contributed by atoms with van der Waals surface area (Å²) in [6.45, 7) is 5.07. The van der Waals surface area contributed by atoms with Crippen molar-refractivity contribution in [2.75, 3.05) is 7.11 Å². The monoisotopic (exact) mass is 274 g/mol. The molecule has 5 nitrogen and oxygen atoms in total. The van der Waals surface area contributed by atoms with Gasteiger partial charge in [0.2, 0.25) is 5.88 Å². The van der Waals surface area contributed by atoms with Crippen LogP contribution in [0.25, 0.3) is 0 Å². The van der Waals surface area contributed by atoms with Gasteiger partial charge in [0.1, 0.15) is 0 Å². The number of imidazole rings is 1. The minimum Gasteiger partial charge on any atom is -0.481 e. The number of aromatic nitrogens is 3. The van der Waals surface area contributed by atoms with Crippen LogP contribution in [0.15, 0.2) is 30.9 Å². The molecular weight excluding hydrogens is 252 g/mol. The Labute approximate surface area is 119 Å². The SMILES string of the molecule is COc1cc(Cn2cncc2C(N)CC(C)C)ccn1. The molecule has 2 heterocycles. The fraction of sp³-hybridized carbons (Fsp3) is 0.467. The first-order valence-corrected chi connectivity index (χ1v) is 6.84. The smallest absolute Gasteiger partial charge is 0.213 e. The second kappa shape index (κ2) is 6.52. The van der Waals surface area contributed by atoms with Gasteiger partial charge in [0.05, 0.1) is 19.1 Å². The number of hydrogen-bond acceptors (Lipinski definition) is 4. The number of nitrogens with two attached hydrogens (primary N) is 1. The van der Waals surface area contributed by atoms with Gasteiger partial charge in [-0.25, -0.2) is 9.97 Å². The minimum absolute atomic E-state index is 0.0150. The fourth-order valence-corrected chi connectivity index (χ4v) is 2.26. The molecule has 0 aliphatic heterocycles. The fourth-order valence-electron chi connectivity index (χ4n) is 2.26. The van der Waals surface area contributed by atoms with Crippen LogP contribution < -0.4 is 10.5 Å². The molecule has 2 aromatic heterocycles. The maximum Gasteiger partial charge on any atom is 0.213 e. The Bertz CT molecular complexity index is 550. The number of nitrogens with zero attached hydrogens (tertiary/aromatic N) is 3. The van der Waals surface area contributed by atoms with Crippen LogP contribution in [0.4, 0.5) is 0 Å². The Morgan fingerprint density at radius 2 is 2.20 bits per heavy atom. The topological polar surface area (TPSA) is 66.0 Å². The second-order valence-electron chi connectivity index (χ2n) is 5.39. The summed E-state index contributed by atoms with van der Waals surface area (Å²) in [6.07, 6.45) is 6.37. The van der Waals surface area contributed by atoms with E-state index in [4.69, 9.17) is 10.5 Å². The number of pyridine rings is 1. The van der Waals surface area contributed by atoms with Crippen LogP contribution in [-0.2, 0) is 6.54 Å². The summed E-state index contributed by atoms with van der Waals surface area (Å²) in [5, 5.41) is 0. The van der Waals surface area contributed by atoms with Crippen molar-refractivity contribution in [1.29, 1.82) is 0 Å². The van der Waals surface area contributed by atoms with Crippen LogP contribution in [0, 0.1) is 5.92 Å². The van der Waals surface area contributed by atoms with Crippen molar-refractivity contribution in [3.05, 3.63) is 42.1 Å². The average Bonchev–Trinajstić information content (AvgIpc) is 2.86.